The summed E-state index contributed by atoms with van der Waals surface area (Å²) >= 11 is 1.71. The van der Waals surface area contributed by atoms with Gasteiger partial charge in [-0.3, -0.25) is 0 Å². The summed E-state index contributed by atoms with van der Waals surface area (Å²) in [6, 6.07) is 8.09. The monoisotopic (exact) mass is 286 g/mol. The highest BCUT2D eigenvalue weighted by atomic mass is 32.1. The number of fused-ring (bicyclic) bond motifs is 2. The zero-order valence-corrected chi connectivity index (χ0v) is 13.0. The highest BCUT2D eigenvalue weighted by Gasteiger charge is 2.23. The Morgan fingerprint density at radius 1 is 1.20 bits per heavy atom. The Kier molecular flexibility index (Phi) is 3.22. The molecule has 104 valence electrons. The molecule has 1 aromatic heterocycles. The standard InChI is InChI=1S/C15H18N4S/c1-9(2)14-18-12-13(19(3)4)16-10-7-5-6-8-11(10)17-15(12)20-14/h5-9,17H,1-4H3. The summed E-state index contributed by atoms with van der Waals surface area (Å²) in [6.07, 6.45) is 0. The van der Waals surface area contributed by atoms with Gasteiger partial charge in [0.1, 0.15) is 10.7 Å². The molecule has 1 aliphatic rings. The van der Waals surface area contributed by atoms with Crippen molar-refractivity contribution >= 4 is 33.5 Å². The number of nitrogens with one attached hydrogen (secondary N) is 1. The summed E-state index contributed by atoms with van der Waals surface area (Å²) < 4.78 is 0. The molecule has 3 rings (SSSR count). The van der Waals surface area contributed by atoms with Crippen LogP contribution in [0.4, 0.5) is 16.4 Å². The largest absolute Gasteiger partial charge is 0.361 e. The summed E-state index contributed by atoms with van der Waals surface area (Å²) in [5, 5.41) is 5.69. The lowest BCUT2D eigenvalue weighted by molar-refractivity contribution is 0.622. The van der Waals surface area contributed by atoms with Crippen molar-refractivity contribution in [2.75, 3.05) is 19.4 Å². The van der Waals surface area contributed by atoms with Crippen LogP contribution in [0.5, 0.6) is 0 Å². The first-order valence-corrected chi connectivity index (χ1v) is 7.51. The lowest BCUT2D eigenvalue weighted by Crippen LogP contribution is -2.23. The van der Waals surface area contributed by atoms with E-state index >= 15 is 0 Å². The van der Waals surface area contributed by atoms with Crippen molar-refractivity contribution in [2.45, 2.75) is 19.8 Å². The van der Waals surface area contributed by atoms with Crippen LogP contribution in [-0.4, -0.2) is 29.8 Å². The van der Waals surface area contributed by atoms with Gasteiger partial charge in [0.2, 0.25) is 0 Å². The summed E-state index contributed by atoms with van der Waals surface area (Å²) in [4.78, 5) is 11.6. The minimum absolute atomic E-state index is 0.424. The van der Waals surface area contributed by atoms with E-state index in [0.29, 0.717) is 5.92 Å². The van der Waals surface area contributed by atoms with Gasteiger partial charge in [0.15, 0.2) is 5.84 Å². The molecule has 0 saturated heterocycles. The Balaban J connectivity index is 2.20. The zero-order valence-electron chi connectivity index (χ0n) is 12.1. The summed E-state index contributed by atoms with van der Waals surface area (Å²) in [6.45, 7) is 4.33. The first kappa shape index (κ1) is 13.1. The normalized spacial score (nSPS) is 13.2. The molecule has 0 radical (unpaired) electrons. The van der Waals surface area contributed by atoms with E-state index in [1.807, 2.05) is 37.2 Å². The summed E-state index contributed by atoms with van der Waals surface area (Å²) in [5.74, 6) is 1.33. The van der Waals surface area contributed by atoms with Gasteiger partial charge >= 0.3 is 0 Å². The maximum Gasteiger partial charge on any atom is 0.157 e. The third kappa shape index (κ3) is 2.18. The van der Waals surface area contributed by atoms with E-state index in [1.165, 1.54) is 0 Å². The van der Waals surface area contributed by atoms with Crippen LogP contribution in [0.1, 0.15) is 30.5 Å². The third-order valence-electron chi connectivity index (χ3n) is 3.15. The predicted molar refractivity (Wildman–Crippen MR) is 85.8 cm³/mol. The topological polar surface area (TPSA) is 40.5 Å². The molecule has 0 aliphatic carbocycles. The number of benzene rings is 1. The van der Waals surface area contributed by atoms with Crippen molar-refractivity contribution in [1.82, 2.24) is 9.88 Å². The Bertz CT molecular complexity index is 670. The van der Waals surface area contributed by atoms with E-state index in [0.717, 1.165) is 32.9 Å². The minimum atomic E-state index is 0.424. The number of thiazole rings is 1. The first-order chi connectivity index (χ1) is 9.56. The number of rotatable bonds is 1. The number of hydrogen-bond donors (Lipinski definition) is 1. The lowest BCUT2D eigenvalue weighted by Gasteiger charge is -2.13. The van der Waals surface area contributed by atoms with Gasteiger partial charge in [0.25, 0.3) is 0 Å². The molecule has 0 bridgehead atoms. The van der Waals surface area contributed by atoms with E-state index in [1.54, 1.807) is 11.3 Å². The number of hydrogen-bond acceptors (Lipinski definition) is 5. The Labute approximate surface area is 123 Å². The SMILES string of the molecule is CC(C)c1nc2c(s1)Nc1ccccc1N=C2N(C)C. The molecule has 20 heavy (non-hydrogen) atoms. The number of aliphatic imine (C=N–C) groups is 1. The van der Waals surface area contributed by atoms with Gasteiger partial charge in [-0.25, -0.2) is 9.98 Å². The minimum Gasteiger partial charge on any atom is -0.361 e. The van der Waals surface area contributed by atoms with Gasteiger partial charge in [0, 0.05) is 20.0 Å². The average molecular weight is 286 g/mol. The second-order valence-electron chi connectivity index (χ2n) is 5.36. The molecule has 0 amide bonds. The maximum atomic E-state index is 4.78. The van der Waals surface area contributed by atoms with Crippen LogP contribution in [0.2, 0.25) is 0 Å². The Morgan fingerprint density at radius 3 is 2.65 bits per heavy atom. The third-order valence-corrected chi connectivity index (χ3v) is 4.42. The van der Waals surface area contributed by atoms with E-state index in [4.69, 9.17) is 9.98 Å². The molecule has 2 aromatic rings. The highest BCUT2D eigenvalue weighted by Crippen LogP contribution is 2.38. The molecule has 0 atom stereocenters. The number of nitrogens with zero attached hydrogens (tertiary/aromatic N) is 3. The van der Waals surface area contributed by atoms with Crippen molar-refractivity contribution in [2.24, 2.45) is 4.99 Å². The van der Waals surface area contributed by atoms with E-state index in [-0.39, 0.29) is 0 Å². The van der Waals surface area contributed by atoms with Crippen LogP contribution >= 0.6 is 11.3 Å². The van der Waals surface area contributed by atoms with Gasteiger partial charge in [0.05, 0.1) is 16.4 Å². The van der Waals surface area contributed by atoms with Crippen molar-refractivity contribution in [1.29, 1.82) is 0 Å². The molecular formula is C15H18N4S. The Morgan fingerprint density at radius 2 is 1.95 bits per heavy atom. The van der Waals surface area contributed by atoms with Crippen molar-refractivity contribution in [3.8, 4) is 0 Å². The predicted octanol–water partition coefficient (Wildman–Crippen LogP) is 3.96. The van der Waals surface area contributed by atoms with Crippen molar-refractivity contribution < 1.29 is 0 Å². The van der Waals surface area contributed by atoms with Crippen LogP contribution < -0.4 is 5.32 Å². The van der Waals surface area contributed by atoms with Crippen LogP contribution in [0, 0.1) is 0 Å². The lowest BCUT2D eigenvalue weighted by atomic mass is 10.2. The summed E-state index contributed by atoms with van der Waals surface area (Å²) in [5.41, 5.74) is 2.93. The molecule has 1 N–H and O–H groups in total. The Hall–Kier alpha value is -1.88. The molecule has 4 nitrogen and oxygen atoms in total. The number of anilines is 2. The van der Waals surface area contributed by atoms with Crippen molar-refractivity contribution in [3.05, 3.63) is 35.0 Å². The molecule has 0 saturated carbocycles. The molecule has 0 fully saturated rings. The highest BCUT2D eigenvalue weighted by molar-refractivity contribution is 7.16. The first-order valence-electron chi connectivity index (χ1n) is 6.69. The second-order valence-corrected chi connectivity index (χ2v) is 6.39. The molecule has 2 heterocycles. The van der Waals surface area contributed by atoms with E-state index < -0.39 is 0 Å². The smallest absolute Gasteiger partial charge is 0.157 e. The molecule has 1 aliphatic heterocycles. The van der Waals surface area contributed by atoms with Gasteiger partial charge in [-0.15, -0.1) is 11.3 Å². The average Bonchev–Trinajstić information content (AvgIpc) is 2.74. The van der Waals surface area contributed by atoms with Gasteiger partial charge in [-0.2, -0.15) is 0 Å². The van der Waals surface area contributed by atoms with Crippen LogP contribution in [0.3, 0.4) is 0 Å². The van der Waals surface area contributed by atoms with Gasteiger partial charge < -0.3 is 10.2 Å². The molecular weight excluding hydrogens is 268 g/mol. The van der Waals surface area contributed by atoms with E-state index in [9.17, 15) is 0 Å². The molecule has 1 aromatic carbocycles. The zero-order chi connectivity index (χ0) is 14.3. The second kappa shape index (κ2) is 4.90. The fraction of sp³-hybridized carbons (Fsp3) is 0.333. The molecule has 5 heteroatoms. The number of para-hydroxylation sites is 2. The van der Waals surface area contributed by atoms with Gasteiger partial charge in [-0.1, -0.05) is 26.0 Å². The molecule has 0 unspecified atom stereocenters. The fourth-order valence-electron chi connectivity index (χ4n) is 2.10. The number of aromatic nitrogens is 1. The van der Waals surface area contributed by atoms with Gasteiger partial charge in [-0.05, 0) is 12.1 Å². The van der Waals surface area contributed by atoms with E-state index in [2.05, 4.69) is 25.2 Å². The van der Waals surface area contributed by atoms with Crippen LogP contribution in [0.25, 0.3) is 0 Å². The maximum absolute atomic E-state index is 4.78. The summed E-state index contributed by atoms with van der Waals surface area (Å²) in [7, 11) is 4.01. The number of amidine groups is 1. The van der Waals surface area contributed by atoms with Crippen LogP contribution in [0.15, 0.2) is 29.3 Å². The van der Waals surface area contributed by atoms with Crippen molar-refractivity contribution in [3.63, 3.8) is 0 Å². The fourth-order valence-corrected chi connectivity index (χ4v) is 3.07. The quantitative estimate of drug-likeness (QED) is 0.862. The molecule has 0 spiro atoms. The van der Waals surface area contributed by atoms with Crippen LogP contribution in [-0.2, 0) is 0 Å².